The predicted molar refractivity (Wildman–Crippen MR) is 55.3 cm³/mol. The van der Waals surface area contributed by atoms with Crippen LogP contribution in [0, 0.1) is 17.0 Å². The number of benzene rings is 1. The molecule has 3 heteroatoms. The van der Waals surface area contributed by atoms with Crippen molar-refractivity contribution in [3.8, 4) is 0 Å². The highest BCUT2D eigenvalue weighted by Gasteiger charge is 2.48. The predicted octanol–water partition coefficient (Wildman–Crippen LogP) is 3.43. The van der Waals surface area contributed by atoms with Gasteiger partial charge in [0.05, 0.1) is 0 Å². The van der Waals surface area contributed by atoms with Gasteiger partial charge in [-0.05, 0) is 30.9 Å². The van der Waals surface area contributed by atoms with E-state index >= 15 is 0 Å². The molecular weight excluding hydrogens is 196 g/mol. The molecule has 0 spiro atoms. The van der Waals surface area contributed by atoms with Gasteiger partial charge in [-0.2, -0.15) is 0 Å². The van der Waals surface area contributed by atoms with Gasteiger partial charge < -0.3 is 5.41 Å². The molecule has 1 aliphatic carbocycles. The molecule has 1 aromatic rings. The average Bonchev–Trinajstić information content (AvgIpc) is 2.97. The van der Waals surface area contributed by atoms with Crippen molar-refractivity contribution in [2.75, 3.05) is 0 Å². The highest BCUT2D eigenvalue weighted by atomic mass is 19.1. The van der Waals surface area contributed by atoms with Crippen LogP contribution in [0.4, 0.5) is 8.78 Å². The Morgan fingerprint density at radius 2 is 2.07 bits per heavy atom. The van der Waals surface area contributed by atoms with E-state index in [1.54, 1.807) is 0 Å². The monoisotopic (exact) mass is 209 g/mol. The van der Waals surface area contributed by atoms with Gasteiger partial charge in [0.25, 0.3) is 0 Å². The molecule has 1 fully saturated rings. The Hall–Kier alpha value is -1.25. The third-order valence-electron chi connectivity index (χ3n) is 3.13. The van der Waals surface area contributed by atoms with Crippen LogP contribution in [0.3, 0.4) is 0 Å². The molecule has 0 radical (unpaired) electrons. The normalized spacial score (nSPS) is 17.5. The van der Waals surface area contributed by atoms with Gasteiger partial charge in [-0.3, -0.25) is 0 Å². The molecule has 2 rings (SSSR count). The average molecular weight is 209 g/mol. The van der Waals surface area contributed by atoms with Crippen LogP contribution < -0.4 is 0 Å². The SMILES string of the molecule is CCC(=N)C1(c2ccc(F)cc2F)CC1. The first-order valence-corrected chi connectivity index (χ1v) is 5.13. The quantitative estimate of drug-likeness (QED) is 0.737. The third-order valence-corrected chi connectivity index (χ3v) is 3.13. The molecule has 15 heavy (non-hydrogen) atoms. The summed E-state index contributed by atoms with van der Waals surface area (Å²) >= 11 is 0. The van der Waals surface area contributed by atoms with E-state index < -0.39 is 17.0 Å². The second kappa shape index (κ2) is 3.40. The molecule has 0 unspecified atom stereocenters. The van der Waals surface area contributed by atoms with Crippen molar-refractivity contribution < 1.29 is 8.78 Å². The zero-order chi connectivity index (χ0) is 11.1. The van der Waals surface area contributed by atoms with E-state index in [1.807, 2.05) is 6.92 Å². The molecule has 80 valence electrons. The summed E-state index contributed by atoms with van der Waals surface area (Å²) in [6.45, 7) is 1.89. The van der Waals surface area contributed by atoms with Crippen LogP contribution in [0.1, 0.15) is 31.7 Å². The zero-order valence-corrected chi connectivity index (χ0v) is 8.61. The van der Waals surface area contributed by atoms with Gasteiger partial charge >= 0.3 is 0 Å². The van der Waals surface area contributed by atoms with Crippen molar-refractivity contribution in [2.24, 2.45) is 0 Å². The van der Waals surface area contributed by atoms with Crippen LogP contribution in [-0.2, 0) is 5.41 Å². The fourth-order valence-corrected chi connectivity index (χ4v) is 2.07. The van der Waals surface area contributed by atoms with Crippen molar-refractivity contribution in [1.82, 2.24) is 0 Å². The lowest BCUT2D eigenvalue weighted by molar-refractivity contribution is 0.566. The van der Waals surface area contributed by atoms with Gasteiger partial charge in [0.15, 0.2) is 0 Å². The van der Waals surface area contributed by atoms with Gasteiger partial charge in [0, 0.05) is 17.2 Å². The lowest BCUT2D eigenvalue weighted by atomic mass is 9.89. The molecule has 1 N–H and O–H groups in total. The Balaban J connectivity index is 2.42. The van der Waals surface area contributed by atoms with Crippen LogP contribution in [0.15, 0.2) is 18.2 Å². The van der Waals surface area contributed by atoms with Gasteiger partial charge in [-0.1, -0.05) is 13.0 Å². The molecule has 0 heterocycles. The minimum atomic E-state index is -0.560. The molecule has 0 bridgehead atoms. The largest absolute Gasteiger partial charge is 0.309 e. The summed E-state index contributed by atoms with van der Waals surface area (Å²) in [6.07, 6.45) is 2.24. The molecular formula is C12H13F2N. The van der Waals surface area contributed by atoms with Gasteiger partial charge in [-0.15, -0.1) is 0 Å². The number of halogens is 2. The van der Waals surface area contributed by atoms with Crippen molar-refractivity contribution >= 4 is 5.71 Å². The van der Waals surface area contributed by atoms with E-state index in [9.17, 15) is 8.78 Å². The molecule has 0 aromatic heterocycles. The van der Waals surface area contributed by atoms with Gasteiger partial charge in [-0.25, -0.2) is 8.78 Å². The Morgan fingerprint density at radius 3 is 2.53 bits per heavy atom. The van der Waals surface area contributed by atoms with Crippen molar-refractivity contribution in [3.63, 3.8) is 0 Å². The summed E-state index contributed by atoms with van der Waals surface area (Å²) in [4.78, 5) is 0. The summed E-state index contributed by atoms with van der Waals surface area (Å²) in [5.41, 5.74) is 0.607. The van der Waals surface area contributed by atoms with Crippen LogP contribution in [-0.4, -0.2) is 5.71 Å². The third kappa shape index (κ3) is 1.56. The highest BCUT2D eigenvalue weighted by molar-refractivity contribution is 5.95. The first-order chi connectivity index (χ1) is 7.10. The maximum Gasteiger partial charge on any atom is 0.130 e. The van der Waals surface area contributed by atoms with E-state index in [0.717, 1.165) is 18.9 Å². The maximum atomic E-state index is 13.5. The molecule has 1 nitrogen and oxygen atoms in total. The minimum Gasteiger partial charge on any atom is -0.309 e. The van der Waals surface area contributed by atoms with E-state index in [1.165, 1.54) is 12.1 Å². The molecule has 1 aliphatic rings. The fraction of sp³-hybridized carbons (Fsp3) is 0.417. The second-order valence-electron chi connectivity index (χ2n) is 4.04. The summed E-state index contributed by atoms with van der Waals surface area (Å²) in [6, 6.07) is 3.64. The Kier molecular flexibility index (Phi) is 2.33. The molecule has 0 amide bonds. The number of hydrogen-bond donors (Lipinski definition) is 1. The number of rotatable bonds is 3. The van der Waals surface area contributed by atoms with Crippen LogP contribution in [0.2, 0.25) is 0 Å². The van der Waals surface area contributed by atoms with Crippen LogP contribution >= 0.6 is 0 Å². The Morgan fingerprint density at radius 1 is 1.40 bits per heavy atom. The van der Waals surface area contributed by atoms with Gasteiger partial charge in [0.1, 0.15) is 11.6 Å². The smallest absolute Gasteiger partial charge is 0.130 e. The van der Waals surface area contributed by atoms with Crippen LogP contribution in [0.25, 0.3) is 0 Å². The molecule has 0 aliphatic heterocycles. The summed E-state index contributed by atoms with van der Waals surface area (Å²) in [5.74, 6) is -1.08. The fourth-order valence-electron chi connectivity index (χ4n) is 2.07. The van der Waals surface area contributed by atoms with E-state index in [-0.39, 0.29) is 0 Å². The van der Waals surface area contributed by atoms with Crippen molar-refractivity contribution in [1.29, 1.82) is 5.41 Å². The van der Waals surface area contributed by atoms with Crippen molar-refractivity contribution in [2.45, 2.75) is 31.6 Å². The molecule has 1 aromatic carbocycles. The summed E-state index contributed by atoms with van der Waals surface area (Å²) in [5, 5.41) is 7.83. The van der Waals surface area contributed by atoms with Crippen molar-refractivity contribution in [3.05, 3.63) is 35.4 Å². The Bertz CT molecular complexity index is 408. The lowest BCUT2D eigenvalue weighted by Crippen LogP contribution is -2.20. The first kappa shape index (κ1) is 10.3. The Labute approximate surface area is 87.6 Å². The zero-order valence-electron chi connectivity index (χ0n) is 8.61. The molecule has 1 saturated carbocycles. The topological polar surface area (TPSA) is 23.9 Å². The molecule has 0 saturated heterocycles. The lowest BCUT2D eigenvalue weighted by Gasteiger charge is -2.16. The summed E-state index contributed by atoms with van der Waals surface area (Å²) in [7, 11) is 0. The summed E-state index contributed by atoms with van der Waals surface area (Å²) < 4.78 is 26.3. The maximum absolute atomic E-state index is 13.5. The second-order valence-corrected chi connectivity index (χ2v) is 4.04. The van der Waals surface area contributed by atoms with E-state index in [4.69, 9.17) is 5.41 Å². The first-order valence-electron chi connectivity index (χ1n) is 5.13. The molecule has 0 atom stereocenters. The number of nitrogens with one attached hydrogen (secondary N) is 1. The highest BCUT2D eigenvalue weighted by Crippen LogP contribution is 2.50. The minimum absolute atomic E-state index is 0.424. The van der Waals surface area contributed by atoms with E-state index in [0.29, 0.717) is 17.7 Å². The van der Waals surface area contributed by atoms with Gasteiger partial charge in [0.2, 0.25) is 0 Å². The standard InChI is InChI=1S/C12H13F2N/c1-2-11(15)12(5-6-12)9-4-3-8(13)7-10(9)14/h3-4,7,15H,2,5-6H2,1H3. The van der Waals surface area contributed by atoms with Crippen LogP contribution in [0.5, 0.6) is 0 Å². The van der Waals surface area contributed by atoms with E-state index in [2.05, 4.69) is 0 Å². The number of hydrogen-bond acceptors (Lipinski definition) is 1.